The maximum atomic E-state index is 10.8. The molecule has 84 valence electrons. The third kappa shape index (κ3) is 2.10. The van der Waals surface area contributed by atoms with Crippen LogP contribution < -0.4 is 0 Å². The zero-order valence-corrected chi connectivity index (χ0v) is 8.58. The molecule has 2 rings (SSSR count). The van der Waals surface area contributed by atoms with Crippen LogP contribution in [0.5, 0.6) is 0 Å². The molecule has 1 atom stereocenters. The van der Waals surface area contributed by atoms with Crippen molar-refractivity contribution in [1.82, 2.24) is 10.2 Å². The van der Waals surface area contributed by atoms with E-state index in [-0.39, 0.29) is 12.3 Å². The molecule has 0 bridgehead atoms. The summed E-state index contributed by atoms with van der Waals surface area (Å²) in [6, 6.07) is 3.38. The lowest BCUT2D eigenvalue weighted by Gasteiger charge is -2.06. The SMILES string of the molecule is Cc1nnc(C(CC(=O)O)c2ccco2)o1. The number of hydrogen-bond acceptors (Lipinski definition) is 5. The number of carboxylic acids is 1. The highest BCUT2D eigenvalue weighted by atomic mass is 16.4. The van der Waals surface area contributed by atoms with Crippen LogP contribution in [0.4, 0.5) is 0 Å². The van der Waals surface area contributed by atoms with E-state index in [1.54, 1.807) is 19.1 Å². The average Bonchev–Trinajstić information content (AvgIpc) is 2.84. The highest BCUT2D eigenvalue weighted by molar-refractivity contribution is 5.68. The summed E-state index contributed by atoms with van der Waals surface area (Å²) in [5, 5.41) is 16.3. The molecule has 1 unspecified atom stereocenters. The Labute approximate surface area is 90.9 Å². The third-order valence-corrected chi connectivity index (χ3v) is 2.11. The summed E-state index contributed by atoms with van der Waals surface area (Å²) >= 11 is 0. The van der Waals surface area contributed by atoms with Crippen molar-refractivity contribution in [3.63, 3.8) is 0 Å². The lowest BCUT2D eigenvalue weighted by Crippen LogP contribution is -2.07. The zero-order chi connectivity index (χ0) is 11.5. The van der Waals surface area contributed by atoms with Crippen molar-refractivity contribution in [2.24, 2.45) is 0 Å². The molecule has 0 radical (unpaired) electrons. The van der Waals surface area contributed by atoms with Gasteiger partial charge in [0.15, 0.2) is 0 Å². The minimum absolute atomic E-state index is 0.144. The van der Waals surface area contributed by atoms with E-state index in [0.29, 0.717) is 11.7 Å². The predicted octanol–water partition coefficient (Wildman–Crippen LogP) is 1.58. The van der Waals surface area contributed by atoms with E-state index < -0.39 is 11.9 Å². The first kappa shape index (κ1) is 10.4. The molecule has 2 aromatic rings. The summed E-state index contributed by atoms with van der Waals surface area (Å²) in [6.07, 6.45) is 1.34. The molecular formula is C10H10N2O4. The van der Waals surface area contributed by atoms with Gasteiger partial charge in [0.05, 0.1) is 12.7 Å². The maximum Gasteiger partial charge on any atom is 0.304 e. The third-order valence-electron chi connectivity index (χ3n) is 2.11. The van der Waals surface area contributed by atoms with Crippen molar-refractivity contribution in [1.29, 1.82) is 0 Å². The molecule has 0 fully saturated rings. The summed E-state index contributed by atoms with van der Waals surface area (Å²) in [6.45, 7) is 1.65. The monoisotopic (exact) mass is 222 g/mol. The van der Waals surface area contributed by atoms with Crippen LogP contribution in [0.2, 0.25) is 0 Å². The van der Waals surface area contributed by atoms with Gasteiger partial charge >= 0.3 is 5.97 Å². The van der Waals surface area contributed by atoms with E-state index in [9.17, 15) is 4.79 Å². The van der Waals surface area contributed by atoms with Crippen LogP contribution in [0.25, 0.3) is 0 Å². The van der Waals surface area contributed by atoms with E-state index in [2.05, 4.69) is 10.2 Å². The van der Waals surface area contributed by atoms with Gasteiger partial charge in [-0.2, -0.15) is 0 Å². The number of aliphatic carboxylic acids is 1. The fourth-order valence-corrected chi connectivity index (χ4v) is 1.43. The standard InChI is InChI=1S/C10H10N2O4/c1-6-11-12-10(16-6)7(5-9(13)14)8-3-2-4-15-8/h2-4,7H,5H2,1H3,(H,13,14). The van der Waals surface area contributed by atoms with Gasteiger partial charge in [0.25, 0.3) is 0 Å². The van der Waals surface area contributed by atoms with Gasteiger partial charge in [-0.1, -0.05) is 0 Å². The van der Waals surface area contributed by atoms with Crippen LogP contribution in [0.1, 0.15) is 29.9 Å². The van der Waals surface area contributed by atoms with Gasteiger partial charge in [0.1, 0.15) is 11.7 Å². The van der Waals surface area contributed by atoms with Crippen LogP contribution >= 0.6 is 0 Å². The van der Waals surface area contributed by atoms with Gasteiger partial charge in [0, 0.05) is 6.92 Å². The zero-order valence-electron chi connectivity index (χ0n) is 8.58. The lowest BCUT2D eigenvalue weighted by molar-refractivity contribution is -0.137. The molecule has 0 aliphatic rings. The lowest BCUT2D eigenvalue weighted by atomic mass is 10.0. The number of hydrogen-bond donors (Lipinski definition) is 1. The molecule has 0 aliphatic carbocycles. The number of carboxylic acid groups (broad SMARTS) is 1. The van der Waals surface area contributed by atoms with Crippen molar-refractivity contribution in [2.45, 2.75) is 19.3 Å². The van der Waals surface area contributed by atoms with Crippen LogP contribution in [0.15, 0.2) is 27.2 Å². The molecule has 0 spiro atoms. The minimum Gasteiger partial charge on any atom is -0.481 e. The van der Waals surface area contributed by atoms with Crippen molar-refractivity contribution in [3.05, 3.63) is 35.9 Å². The van der Waals surface area contributed by atoms with Crippen LogP contribution in [-0.2, 0) is 4.79 Å². The fourth-order valence-electron chi connectivity index (χ4n) is 1.43. The maximum absolute atomic E-state index is 10.8. The number of rotatable bonds is 4. The van der Waals surface area contributed by atoms with Crippen molar-refractivity contribution in [2.75, 3.05) is 0 Å². The number of furan rings is 1. The second kappa shape index (κ2) is 4.18. The molecule has 0 saturated heterocycles. The Morgan fingerprint density at radius 3 is 2.88 bits per heavy atom. The fraction of sp³-hybridized carbons (Fsp3) is 0.300. The first-order valence-electron chi connectivity index (χ1n) is 4.72. The van der Waals surface area contributed by atoms with Gasteiger partial charge in [0.2, 0.25) is 11.8 Å². The largest absolute Gasteiger partial charge is 0.481 e. The highest BCUT2D eigenvalue weighted by Crippen LogP contribution is 2.27. The molecule has 1 N–H and O–H groups in total. The molecule has 6 nitrogen and oxygen atoms in total. The van der Waals surface area contributed by atoms with E-state index in [4.69, 9.17) is 13.9 Å². The number of aryl methyl sites for hydroxylation is 1. The van der Waals surface area contributed by atoms with Gasteiger partial charge in [-0.3, -0.25) is 4.79 Å². The van der Waals surface area contributed by atoms with Crippen molar-refractivity contribution >= 4 is 5.97 Å². The minimum atomic E-state index is -0.947. The molecule has 2 aromatic heterocycles. The second-order valence-corrected chi connectivity index (χ2v) is 3.33. The van der Waals surface area contributed by atoms with E-state index in [1.165, 1.54) is 6.26 Å². The quantitative estimate of drug-likeness (QED) is 0.844. The van der Waals surface area contributed by atoms with Crippen LogP contribution in [0, 0.1) is 6.92 Å². The Hall–Kier alpha value is -2.11. The molecule has 6 heteroatoms. The van der Waals surface area contributed by atoms with E-state index in [0.717, 1.165) is 0 Å². The topological polar surface area (TPSA) is 89.4 Å². The van der Waals surface area contributed by atoms with Crippen LogP contribution in [-0.4, -0.2) is 21.3 Å². The summed E-state index contributed by atoms with van der Waals surface area (Å²) < 4.78 is 10.4. The Balaban J connectivity index is 2.31. The Morgan fingerprint density at radius 2 is 2.38 bits per heavy atom. The molecule has 0 saturated carbocycles. The highest BCUT2D eigenvalue weighted by Gasteiger charge is 2.25. The van der Waals surface area contributed by atoms with Gasteiger partial charge in [-0.25, -0.2) is 0 Å². The van der Waals surface area contributed by atoms with Crippen LogP contribution in [0.3, 0.4) is 0 Å². The first-order chi connectivity index (χ1) is 7.66. The predicted molar refractivity (Wildman–Crippen MR) is 51.8 cm³/mol. The van der Waals surface area contributed by atoms with Crippen molar-refractivity contribution < 1.29 is 18.7 Å². The number of carbonyl (C=O) groups is 1. The van der Waals surface area contributed by atoms with Gasteiger partial charge < -0.3 is 13.9 Å². The van der Waals surface area contributed by atoms with Crippen molar-refractivity contribution in [3.8, 4) is 0 Å². The second-order valence-electron chi connectivity index (χ2n) is 3.33. The summed E-state index contributed by atoms with van der Waals surface area (Å²) in [4.78, 5) is 10.8. The molecule has 0 amide bonds. The average molecular weight is 222 g/mol. The number of aromatic nitrogens is 2. The van der Waals surface area contributed by atoms with E-state index in [1.807, 2.05) is 0 Å². The Bertz CT molecular complexity index is 475. The number of nitrogens with zero attached hydrogens (tertiary/aromatic N) is 2. The molecule has 16 heavy (non-hydrogen) atoms. The first-order valence-corrected chi connectivity index (χ1v) is 4.72. The summed E-state index contributed by atoms with van der Waals surface area (Å²) in [5.41, 5.74) is 0. The molecular weight excluding hydrogens is 212 g/mol. The summed E-state index contributed by atoms with van der Waals surface area (Å²) in [5.74, 6) is -0.316. The Morgan fingerprint density at radius 1 is 1.56 bits per heavy atom. The van der Waals surface area contributed by atoms with E-state index >= 15 is 0 Å². The molecule has 0 aromatic carbocycles. The normalized spacial score (nSPS) is 12.6. The molecule has 0 aliphatic heterocycles. The molecule has 2 heterocycles. The summed E-state index contributed by atoms with van der Waals surface area (Å²) in [7, 11) is 0. The van der Waals surface area contributed by atoms with Gasteiger partial charge in [-0.15, -0.1) is 10.2 Å². The van der Waals surface area contributed by atoms with Gasteiger partial charge in [-0.05, 0) is 12.1 Å². The Kier molecular flexibility index (Phi) is 2.72. The smallest absolute Gasteiger partial charge is 0.304 e.